The van der Waals surface area contributed by atoms with Gasteiger partial charge in [-0.25, -0.2) is 0 Å². The molecule has 3 heteroatoms. The highest BCUT2D eigenvalue weighted by Gasteiger charge is 2.18. The fraction of sp³-hybridized carbons (Fsp3) is 0.214. The first-order chi connectivity index (χ1) is 8.06. The first-order valence-corrected chi connectivity index (χ1v) is 5.86. The summed E-state index contributed by atoms with van der Waals surface area (Å²) in [6.07, 6.45) is 3.94. The van der Waals surface area contributed by atoms with Gasteiger partial charge < -0.3 is 9.64 Å². The number of hydrogen-bond donors (Lipinski definition) is 0. The highest BCUT2D eigenvalue weighted by molar-refractivity contribution is 7.80. The van der Waals surface area contributed by atoms with Crippen LogP contribution in [0.15, 0.2) is 42.1 Å². The molecule has 0 aromatic heterocycles. The summed E-state index contributed by atoms with van der Waals surface area (Å²) < 4.78 is 5.60. The van der Waals surface area contributed by atoms with Crippen LogP contribution in [0.3, 0.4) is 0 Å². The minimum absolute atomic E-state index is 0.536. The number of nitrogens with zero attached hydrogens (tertiary/aromatic N) is 1. The van der Waals surface area contributed by atoms with Gasteiger partial charge in [0.15, 0.2) is 5.05 Å². The Labute approximate surface area is 107 Å². The monoisotopic (exact) mass is 245 g/mol. The topological polar surface area (TPSA) is 12.5 Å². The molecule has 1 aliphatic heterocycles. The molecule has 0 saturated heterocycles. The molecule has 0 radical (unpaired) electrons. The van der Waals surface area contributed by atoms with Crippen LogP contribution >= 0.6 is 12.2 Å². The van der Waals surface area contributed by atoms with Gasteiger partial charge in [-0.2, -0.15) is 0 Å². The maximum absolute atomic E-state index is 5.60. The molecule has 88 valence electrons. The summed E-state index contributed by atoms with van der Waals surface area (Å²) in [5.41, 5.74) is 3.24. The number of aryl methyl sites for hydroxylation is 1. The quantitative estimate of drug-likeness (QED) is 0.586. The fourth-order valence-electron chi connectivity index (χ4n) is 1.62. The second kappa shape index (κ2) is 4.72. The number of ether oxygens (including phenoxy) is 1. The molecule has 1 aromatic rings. The van der Waals surface area contributed by atoms with E-state index in [1.807, 2.05) is 43.4 Å². The maximum Gasteiger partial charge on any atom is 0.199 e. The Kier molecular flexibility index (Phi) is 3.29. The Hall–Kier alpha value is -1.61. The van der Waals surface area contributed by atoms with Crippen LogP contribution in [0.5, 0.6) is 0 Å². The van der Waals surface area contributed by atoms with Crippen LogP contribution in [-0.4, -0.2) is 24.0 Å². The second-order valence-electron chi connectivity index (χ2n) is 4.31. The zero-order valence-electron chi connectivity index (χ0n) is 10.2. The van der Waals surface area contributed by atoms with E-state index in [1.54, 1.807) is 0 Å². The van der Waals surface area contributed by atoms with Crippen molar-refractivity contribution in [2.75, 3.05) is 14.1 Å². The molecule has 0 aliphatic carbocycles. The van der Waals surface area contributed by atoms with Crippen molar-refractivity contribution in [1.82, 2.24) is 4.90 Å². The van der Waals surface area contributed by atoms with Crippen LogP contribution in [0.4, 0.5) is 0 Å². The van der Waals surface area contributed by atoms with Gasteiger partial charge in [0.2, 0.25) is 0 Å². The lowest BCUT2D eigenvalue weighted by Gasteiger charge is -2.05. The van der Waals surface area contributed by atoms with Crippen LogP contribution in [0.25, 0.3) is 5.76 Å². The molecule has 2 rings (SSSR count). The van der Waals surface area contributed by atoms with Crippen LogP contribution in [0.1, 0.15) is 11.1 Å². The van der Waals surface area contributed by atoms with Gasteiger partial charge in [-0.3, -0.25) is 0 Å². The Bertz CT molecular complexity index is 497. The van der Waals surface area contributed by atoms with Crippen molar-refractivity contribution in [2.24, 2.45) is 0 Å². The third-order valence-corrected chi connectivity index (χ3v) is 2.78. The van der Waals surface area contributed by atoms with Crippen molar-refractivity contribution < 1.29 is 4.74 Å². The number of thiocarbonyl (C=S) groups is 1. The second-order valence-corrected chi connectivity index (χ2v) is 4.68. The highest BCUT2D eigenvalue weighted by atomic mass is 32.1. The number of rotatable bonds is 2. The van der Waals surface area contributed by atoms with Gasteiger partial charge in [0.25, 0.3) is 0 Å². The van der Waals surface area contributed by atoms with Crippen molar-refractivity contribution >= 4 is 23.0 Å². The SMILES string of the molecule is Cc1ccc(C2=C/C(=C\N(C)C)C(=S)O2)cc1. The van der Waals surface area contributed by atoms with Crippen molar-refractivity contribution in [3.63, 3.8) is 0 Å². The number of hydrogen-bond acceptors (Lipinski definition) is 3. The summed E-state index contributed by atoms with van der Waals surface area (Å²) in [7, 11) is 3.93. The van der Waals surface area contributed by atoms with Crippen molar-refractivity contribution in [3.05, 3.63) is 53.2 Å². The minimum Gasteiger partial charge on any atom is -0.445 e. The molecule has 2 nitrogen and oxygen atoms in total. The van der Waals surface area contributed by atoms with Crippen LogP contribution in [0, 0.1) is 6.92 Å². The van der Waals surface area contributed by atoms with Gasteiger partial charge in [0.1, 0.15) is 5.76 Å². The summed E-state index contributed by atoms with van der Waals surface area (Å²) in [5.74, 6) is 0.822. The van der Waals surface area contributed by atoms with Crippen LogP contribution in [0.2, 0.25) is 0 Å². The van der Waals surface area contributed by atoms with E-state index in [0.29, 0.717) is 5.05 Å². The van der Waals surface area contributed by atoms with E-state index in [-0.39, 0.29) is 0 Å². The maximum atomic E-state index is 5.60. The molecule has 0 N–H and O–H groups in total. The fourth-order valence-corrected chi connectivity index (χ4v) is 1.82. The Morgan fingerprint density at radius 2 is 1.82 bits per heavy atom. The predicted octanol–water partition coefficient (Wildman–Crippen LogP) is 3.14. The van der Waals surface area contributed by atoms with Gasteiger partial charge >= 0.3 is 0 Å². The average Bonchev–Trinajstić information content (AvgIpc) is 2.60. The molecule has 1 aromatic carbocycles. The standard InChI is InChI=1S/C14H15NOS/c1-10-4-6-11(7-5-10)13-8-12(9-15(2)3)14(17)16-13/h4-9H,1-3H3/b12-9+. The summed E-state index contributed by atoms with van der Waals surface area (Å²) in [5, 5.41) is 0.536. The Morgan fingerprint density at radius 1 is 1.18 bits per heavy atom. The molecule has 0 bridgehead atoms. The zero-order valence-corrected chi connectivity index (χ0v) is 11.0. The lowest BCUT2D eigenvalue weighted by atomic mass is 10.1. The van der Waals surface area contributed by atoms with Crippen molar-refractivity contribution in [1.29, 1.82) is 0 Å². The van der Waals surface area contributed by atoms with Crippen LogP contribution in [-0.2, 0) is 4.74 Å². The van der Waals surface area contributed by atoms with Gasteiger partial charge in [-0.1, -0.05) is 29.8 Å². The summed E-state index contributed by atoms with van der Waals surface area (Å²) in [4.78, 5) is 1.96. The van der Waals surface area contributed by atoms with Gasteiger partial charge in [-0.15, -0.1) is 0 Å². The lowest BCUT2D eigenvalue weighted by Crippen LogP contribution is -2.04. The molecule has 1 heterocycles. The third kappa shape index (κ3) is 2.74. The Morgan fingerprint density at radius 3 is 2.41 bits per heavy atom. The van der Waals surface area contributed by atoms with E-state index < -0.39 is 0 Å². The van der Waals surface area contributed by atoms with Crippen molar-refractivity contribution in [3.8, 4) is 0 Å². The molecule has 0 unspecified atom stereocenters. The van der Waals surface area contributed by atoms with Gasteiger partial charge in [0.05, 0.1) is 0 Å². The smallest absolute Gasteiger partial charge is 0.199 e. The summed E-state index contributed by atoms with van der Waals surface area (Å²) >= 11 is 5.19. The third-order valence-electron chi connectivity index (χ3n) is 2.46. The predicted molar refractivity (Wildman–Crippen MR) is 74.6 cm³/mol. The molecule has 1 aliphatic rings. The first kappa shape index (κ1) is 11.9. The van der Waals surface area contributed by atoms with E-state index in [0.717, 1.165) is 16.9 Å². The molecule has 0 spiro atoms. The zero-order chi connectivity index (χ0) is 12.4. The largest absolute Gasteiger partial charge is 0.445 e. The van der Waals surface area contributed by atoms with Gasteiger partial charge in [0, 0.05) is 31.4 Å². The average molecular weight is 245 g/mol. The minimum atomic E-state index is 0.536. The molecular formula is C14H15NOS. The molecular weight excluding hydrogens is 230 g/mol. The normalized spacial score (nSPS) is 17.0. The summed E-state index contributed by atoms with van der Waals surface area (Å²) in [6.45, 7) is 2.07. The first-order valence-electron chi connectivity index (χ1n) is 5.45. The van der Waals surface area contributed by atoms with Crippen LogP contribution < -0.4 is 0 Å². The van der Waals surface area contributed by atoms with E-state index in [9.17, 15) is 0 Å². The van der Waals surface area contributed by atoms with E-state index in [1.165, 1.54) is 5.56 Å². The van der Waals surface area contributed by atoms with E-state index in [2.05, 4.69) is 19.1 Å². The highest BCUT2D eigenvalue weighted by Crippen LogP contribution is 2.27. The lowest BCUT2D eigenvalue weighted by molar-refractivity contribution is 0.530. The number of benzene rings is 1. The van der Waals surface area contributed by atoms with Crippen molar-refractivity contribution in [2.45, 2.75) is 6.92 Å². The summed E-state index contributed by atoms with van der Waals surface area (Å²) in [6, 6.07) is 8.22. The molecule has 0 amide bonds. The molecule has 0 atom stereocenters. The van der Waals surface area contributed by atoms with E-state index >= 15 is 0 Å². The van der Waals surface area contributed by atoms with E-state index in [4.69, 9.17) is 17.0 Å². The molecule has 17 heavy (non-hydrogen) atoms. The Balaban J connectivity index is 2.30. The molecule has 0 fully saturated rings. The van der Waals surface area contributed by atoms with Gasteiger partial charge in [-0.05, 0) is 25.2 Å². The molecule has 0 saturated carbocycles.